The van der Waals surface area contributed by atoms with Gasteiger partial charge in [0.1, 0.15) is 12.2 Å². The summed E-state index contributed by atoms with van der Waals surface area (Å²) in [7, 11) is -3.26. The van der Waals surface area contributed by atoms with Crippen LogP contribution in [0.5, 0.6) is 0 Å². The van der Waals surface area contributed by atoms with E-state index in [0.717, 1.165) is 6.54 Å². The van der Waals surface area contributed by atoms with E-state index in [9.17, 15) is 8.42 Å². The van der Waals surface area contributed by atoms with Crippen molar-refractivity contribution >= 4 is 10.0 Å². The van der Waals surface area contributed by atoms with Crippen LogP contribution in [0.2, 0.25) is 0 Å². The molecule has 1 heterocycles. The van der Waals surface area contributed by atoms with Gasteiger partial charge in [0.2, 0.25) is 10.0 Å². The van der Waals surface area contributed by atoms with Crippen LogP contribution in [-0.4, -0.2) is 41.9 Å². The molecule has 18 heavy (non-hydrogen) atoms. The monoisotopic (exact) mass is 273 g/mol. The Balaban J connectivity index is 1.72. The molecule has 1 aliphatic rings. The molecular formula is C10H19N5O2S. The maximum atomic E-state index is 11.8. The number of nitrogens with zero attached hydrogens (tertiary/aromatic N) is 2. The topological polar surface area (TPSA) is 99.8 Å². The van der Waals surface area contributed by atoms with Gasteiger partial charge in [-0.1, -0.05) is 0 Å². The summed E-state index contributed by atoms with van der Waals surface area (Å²) in [5.41, 5.74) is 0. The first-order chi connectivity index (χ1) is 8.57. The largest absolute Gasteiger partial charge is 0.314 e. The first-order valence-corrected chi connectivity index (χ1v) is 7.81. The number of rotatable bonds is 8. The van der Waals surface area contributed by atoms with Gasteiger partial charge in [0.05, 0.1) is 11.8 Å². The van der Waals surface area contributed by atoms with Crippen molar-refractivity contribution in [2.75, 3.05) is 12.3 Å². The number of hydrogen-bond donors (Lipinski definition) is 3. The van der Waals surface area contributed by atoms with Crippen LogP contribution in [0.3, 0.4) is 0 Å². The van der Waals surface area contributed by atoms with Crippen LogP contribution < -0.4 is 10.0 Å². The first kappa shape index (κ1) is 13.4. The van der Waals surface area contributed by atoms with E-state index in [1.807, 2.05) is 0 Å². The summed E-state index contributed by atoms with van der Waals surface area (Å²) in [5.74, 6) is 0.653. The lowest BCUT2D eigenvalue weighted by atomic mass is 10.3. The zero-order valence-corrected chi connectivity index (χ0v) is 11.2. The van der Waals surface area contributed by atoms with Crippen molar-refractivity contribution in [2.45, 2.75) is 38.3 Å². The summed E-state index contributed by atoms with van der Waals surface area (Å²) in [6.45, 7) is 2.49. The van der Waals surface area contributed by atoms with E-state index < -0.39 is 10.0 Å². The molecule has 3 N–H and O–H groups in total. The summed E-state index contributed by atoms with van der Waals surface area (Å²) in [4.78, 5) is 3.92. The Morgan fingerprint density at radius 2 is 2.33 bits per heavy atom. The average Bonchev–Trinajstić information content (AvgIpc) is 2.95. The van der Waals surface area contributed by atoms with E-state index in [2.05, 4.69) is 25.2 Å². The SMILES string of the molecule is CC(NS(=O)(=O)CCCNC1CC1)c1ncn[nH]1. The Hall–Kier alpha value is -0.990. The number of H-pyrrole nitrogens is 1. The van der Waals surface area contributed by atoms with E-state index in [1.165, 1.54) is 19.2 Å². The molecular weight excluding hydrogens is 254 g/mol. The van der Waals surface area contributed by atoms with E-state index in [1.54, 1.807) is 6.92 Å². The molecule has 1 aliphatic carbocycles. The molecule has 1 aromatic rings. The number of nitrogens with one attached hydrogen (secondary N) is 3. The minimum atomic E-state index is -3.26. The Morgan fingerprint density at radius 3 is 2.94 bits per heavy atom. The van der Waals surface area contributed by atoms with E-state index >= 15 is 0 Å². The number of aromatic nitrogens is 3. The molecule has 0 radical (unpaired) electrons. The molecule has 1 saturated carbocycles. The lowest BCUT2D eigenvalue weighted by Gasteiger charge is -2.11. The molecule has 0 aromatic carbocycles. The first-order valence-electron chi connectivity index (χ1n) is 6.15. The standard InChI is InChI=1S/C10H19N5O2S/c1-8(10-12-7-13-14-10)15-18(16,17)6-2-5-11-9-3-4-9/h7-9,11,15H,2-6H2,1H3,(H,12,13,14). The van der Waals surface area contributed by atoms with Crippen LogP contribution in [0, 0.1) is 0 Å². The quantitative estimate of drug-likeness (QED) is 0.576. The molecule has 1 unspecified atom stereocenters. The Bertz CT molecular complexity index is 455. The highest BCUT2D eigenvalue weighted by Gasteiger charge is 2.21. The molecule has 1 fully saturated rings. The summed E-state index contributed by atoms with van der Waals surface area (Å²) >= 11 is 0. The average molecular weight is 273 g/mol. The summed E-state index contributed by atoms with van der Waals surface area (Å²) < 4.78 is 26.2. The highest BCUT2D eigenvalue weighted by atomic mass is 32.2. The fourth-order valence-corrected chi connectivity index (χ4v) is 2.96. The Morgan fingerprint density at radius 1 is 1.56 bits per heavy atom. The third-order valence-electron chi connectivity index (χ3n) is 2.80. The van der Waals surface area contributed by atoms with Crippen LogP contribution in [0.1, 0.15) is 38.1 Å². The molecule has 8 heteroatoms. The van der Waals surface area contributed by atoms with Gasteiger partial charge in [0.15, 0.2) is 0 Å². The zero-order chi connectivity index (χ0) is 13.0. The van der Waals surface area contributed by atoms with Gasteiger partial charge in [0.25, 0.3) is 0 Å². The van der Waals surface area contributed by atoms with Gasteiger partial charge in [0, 0.05) is 6.04 Å². The van der Waals surface area contributed by atoms with Crippen molar-refractivity contribution in [3.8, 4) is 0 Å². The molecule has 1 aromatic heterocycles. The molecule has 0 amide bonds. The van der Waals surface area contributed by atoms with Gasteiger partial charge in [-0.05, 0) is 32.7 Å². The van der Waals surface area contributed by atoms with Crippen molar-refractivity contribution in [1.29, 1.82) is 0 Å². The van der Waals surface area contributed by atoms with E-state index in [4.69, 9.17) is 0 Å². The van der Waals surface area contributed by atoms with Crippen molar-refractivity contribution in [1.82, 2.24) is 25.2 Å². The highest BCUT2D eigenvalue weighted by Crippen LogP contribution is 2.18. The van der Waals surface area contributed by atoms with Gasteiger partial charge >= 0.3 is 0 Å². The summed E-state index contributed by atoms with van der Waals surface area (Å²) in [5, 5.41) is 9.63. The third-order valence-corrected chi connectivity index (χ3v) is 4.34. The van der Waals surface area contributed by atoms with Crippen molar-refractivity contribution < 1.29 is 8.42 Å². The minimum absolute atomic E-state index is 0.130. The maximum Gasteiger partial charge on any atom is 0.212 e. The van der Waals surface area contributed by atoms with Crippen LogP contribution in [-0.2, 0) is 10.0 Å². The molecule has 102 valence electrons. The molecule has 2 rings (SSSR count). The van der Waals surface area contributed by atoms with Gasteiger partial charge < -0.3 is 5.32 Å². The summed E-state index contributed by atoms with van der Waals surface area (Å²) in [6.07, 6.45) is 4.41. The third kappa shape index (κ3) is 4.35. The van der Waals surface area contributed by atoms with Crippen LogP contribution in [0.4, 0.5) is 0 Å². The molecule has 0 aliphatic heterocycles. The molecule has 0 saturated heterocycles. The second kappa shape index (κ2) is 5.77. The molecule has 0 spiro atoms. The molecule has 0 bridgehead atoms. The predicted molar refractivity (Wildman–Crippen MR) is 67.4 cm³/mol. The van der Waals surface area contributed by atoms with Crippen LogP contribution in [0.15, 0.2) is 6.33 Å². The van der Waals surface area contributed by atoms with Gasteiger partial charge in [-0.3, -0.25) is 5.10 Å². The number of sulfonamides is 1. The van der Waals surface area contributed by atoms with Crippen molar-refractivity contribution in [3.63, 3.8) is 0 Å². The maximum absolute atomic E-state index is 11.8. The number of hydrogen-bond acceptors (Lipinski definition) is 5. The lowest BCUT2D eigenvalue weighted by Crippen LogP contribution is -2.31. The minimum Gasteiger partial charge on any atom is -0.314 e. The van der Waals surface area contributed by atoms with Gasteiger partial charge in [-0.2, -0.15) is 5.10 Å². The van der Waals surface area contributed by atoms with Crippen LogP contribution in [0.25, 0.3) is 0 Å². The fourth-order valence-electron chi connectivity index (χ4n) is 1.66. The number of aromatic amines is 1. The van der Waals surface area contributed by atoms with Crippen molar-refractivity contribution in [2.24, 2.45) is 0 Å². The van der Waals surface area contributed by atoms with Crippen LogP contribution >= 0.6 is 0 Å². The van der Waals surface area contributed by atoms with Gasteiger partial charge in [-0.25, -0.2) is 18.1 Å². The highest BCUT2D eigenvalue weighted by molar-refractivity contribution is 7.89. The Kier molecular flexibility index (Phi) is 4.31. The normalized spacial score (nSPS) is 17.8. The molecule has 1 atom stereocenters. The lowest BCUT2D eigenvalue weighted by molar-refractivity contribution is 0.555. The fraction of sp³-hybridized carbons (Fsp3) is 0.800. The second-order valence-corrected chi connectivity index (χ2v) is 6.48. The zero-order valence-electron chi connectivity index (χ0n) is 10.4. The van der Waals surface area contributed by atoms with E-state index in [0.29, 0.717) is 18.3 Å². The van der Waals surface area contributed by atoms with E-state index in [-0.39, 0.29) is 11.8 Å². The second-order valence-electron chi connectivity index (χ2n) is 4.61. The summed E-state index contributed by atoms with van der Waals surface area (Å²) in [6, 6.07) is 0.239. The van der Waals surface area contributed by atoms with Crippen molar-refractivity contribution in [3.05, 3.63) is 12.2 Å². The molecule has 7 nitrogen and oxygen atoms in total. The van der Waals surface area contributed by atoms with Gasteiger partial charge in [-0.15, -0.1) is 0 Å². The predicted octanol–water partition coefficient (Wildman–Crippen LogP) is -0.0728. The smallest absolute Gasteiger partial charge is 0.212 e. The Labute approximate surface area is 107 Å².